The Bertz CT molecular complexity index is 1570. The standard InChI is InChI=1S/C67H129NO18/c1-3-5-7-9-11-12-13-14-15-16-17-18-19-20-21-22-23-24-25-26-27-28-29-30-31-32-33-34-35-36-37-39-41-43-45-55(73)68-50(51(72)44-42-40-38-10-8-6-4-2)49-81-65-61(79)58(76)63(53(47-70)83-65)86-67-62(80)59(77)64(54(48-71)84-67)85-66-60(78)57(75)56(74)52(46-69)82-66/h50-54,56-67,69-72,74-80H,3-49H2,1-2H3,(H,68,73). The van der Waals surface area contributed by atoms with Crippen LogP contribution in [-0.2, 0) is 33.2 Å². The lowest BCUT2D eigenvalue weighted by Crippen LogP contribution is -2.66. The van der Waals surface area contributed by atoms with Gasteiger partial charge in [-0.3, -0.25) is 4.79 Å². The first-order chi connectivity index (χ1) is 41.8. The predicted octanol–water partition coefficient (Wildman–Crippen LogP) is 9.11. The lowest BCUT2D eigenvalue weighted by Gasteiger charge is -2.48. The van der Waals surface area contributed by atoms with E-state index in [1.807, 2.05) is 0 Å². The summed E-state index contributed by atoms with van der Waals surface area (Å²) in [5.74, 6) is -0.241. The monoisotopic (exact) mass is 1240 g/mol. The largest absolute Gasteiger partial charge is 0.394 e. The molecule has 510 valence electrons. The number of nitrogens with one attached hydrogen (secondary N) is 1. The lowest BCUT2D eigenvalue weighted by atomic mass is 9.96. The van der Waals surface area contributed by atoms with Crippen LogP contribution in [0.25, 0.3) is 0 Å². The van der Waals surface area contributed by atoms with Crippen LogP contribution in [0.4, 0.5) is 0 Å². The minimum atomic E-state index is -1.97. The van der Waals surface area contributed by atoms with E-state index in [1.165, 1.54) is 199 Å². The van der Waals surface area contributed by atoms with E-state index in [0.29, 0.717) is 12.8 Å². The van der Waals surface area contributed by atoms with Gasteiger partial charge in [0.1, 0.15) is 73.2 Å². The minimum Gasteiger partial charge on any atom is -0.394 e. The van der Waals surface area contributed by atoms with Crippen LogP contribution < -0.4 is 5.32 Å². The van der Waals surface area contributed by atoms with E-state index >= 15 is 0 Å². The zero-order valence-electron chi connectivity index (χ0n) is 53.8. The van der Waals surface area contributed by atoms with Gasteiger partial charge in [-0.25, -0.2) is 0 Å². The van der Waals surface area contributed by atoms with Crippen molar-refractivity contribution in [2.75, 3.05) is 26.4 Å². The molecule has 0 aromatic carbocycles. The Balaban J connectivity index is 1.27. The van der Waals surface area contributed by atoms with Gasteiger partial charge in [-0.1, -0.05) is 271 Å². The van der Waals surface area contributed by atoms with Gasteiger partial charge in [0.15, 0.2) is 18.9 Å². The van der Waals surface area contributed by atoms with Gasteiger partial charge in [0, 0.05) is 6.42 Å². The molecule has 0 spiro atoms. The number of ether oxygens (including phenoxy) is 6. The van der Waals surface area contributed by atoms with Crippen LogP contribution >= 0.6 is 0 Å². The number of aliphatic hydroxyl groups excluding tert-OH is 11. The number of hydrogen-bond donors (Lipinski definition) is 12. The van der Waals surface area contributed by atoms with Gasteiger partial charge in [0.05, 0.1) is 38.6 Å². The summed E-state index contributed by atoms with van der Waals surface area (Å²) in [6.07, 6.45) is 27.0. The van der Waals surface area contributed by atoms with Gasteiger partial charge in [-0.15, -0.1) is 0 Å². The van der Waals surface area contributed by atoms with E-state index < -0.39 is 124 Å². The number of unbranched alkanes of at least 4 members (excludes halogenated alkanes) is 39. The predicted molar refractivity (Wildman–Crippen MR) is 333 cm³/mol. The van der Waals surface area contributed by atoms with Crippen molar-refractivity contribution < 1.29 is 89.4 Å². The quantitative estimate of drug-likeness (QED) is 0.0253. The molecule has 0 aromatic heterocycles. The molecule has 3 saturated heterocycles. The summed E-state index contributed by atoms with van der Waals surface area (Å²) in [5.41, 5.74) is 0. The molecule has 3 aliphatic heterocycles. The molecule has 0 saturated carbocycles. The maximum absolute atomic E-state index is 13.3. The fourth-order valence-corrected chi connectivity index (χ4v) is 12.4. The summed E-state index contributed by atoms with van der Waals surface area (Å²) in [6.45, 7) is 1.76. The van der Waals surface area contributed by atoms with Crippen molar-refractivity contribution in [2.45, 2.75) is 394 Å². The summed E-state index contributed by atoms with van der Waals surface area (Å²) >= 11 is 0. The minimum absolute atomic E-state index is 0.241. The second kappa shape index (κ2) is 50.4. The lowest BCUT2D eigenvalue weighted by molar-refractivity contribution is -0.379. The van der Waals surface area contributed by atoms with Crippen molar-refractivity contribution in [1.82, 2.24) is 5.32 Å². The Morgan fingerprint density at radius 2 is 0.663 bits per heavy atom. The van der Waals surface area contributed by atoms with Gasteiger partial charge in [-0.05, 0) is 12.8 Å². The topological polar surface area (TPSA) is 307 Å². The number of amides is 1. The molecule has 19 nitrogen and oxygen atoms in total. The Labute approximate surface area is 519 Å². The number of carbonyl (C=O) groups excluding carboxylic acids is 1. The molecule has 0 radical (unpaired) electrons. The molecule has 86 heavy (non-hydrogen) atoms. The summed E-state index contributed by atoms with van der Waals surface area (Å²) < 4.78 is 34.3. The first-order valence-electron chi connectivity index (χ1n) is 35.3. The summed E-state index contributed by atoms with van der Waals surface area (Å²) in [6, 6.07) is -0.879. The van der Waals surface area contributed by atoms with Gasteiger partial charge >= 0.3 is 0 Å². The van der Waals surface area contributed by atoms with Crippen LogP contribution in [0.1, 0.15) is 290 Å². The van der Waals surface area contributed by atoms with Crippen LogP contribution in [0.2, 0.25) is 0 Å². The molecule has 3 heterocycles. The first kappa shape index (κ1) is 79.0. The van der Waals surface area contributed by atoms with Gasteiger partial charge in [0.25, 0.3) is 0 Å². The molecule has 17 atom stereocenters. The maximum atomic E-state index is 13.3. The molecule has 3 fully saturated rings. The van der Waals surface area contributed by atoms with Gasteiger partial charge in [-0.2, -0.15) is 0 Å². The average Bonchev–Trinajstić information content (AvgIpc) is 1.42. The van der Waals surface area contributed by atoms with E-state index in [-0.39, 0.29) is 18.9 Å². The Hall–Kier alpha value is -1.21. The molecule has 19 heteroatoms. The Kier molecular flexibility index (Phi) is 46.3. The fraction of sp³-hybridized carbons (Fsp3) is 0.985. The van der Waals surface area contributed by atoms with E-state index in [4.69, 9.17) is 28.4 Å². The molecule has 0 aliphatic carbocycles. The SMILES string of the molecule is CCCCCCCCCCCCCCCCCCCCCCCCCCCCCCCCCCCCC(=O)NC(COC1OC(CO)C(OC2OC(CO)C(OC3OC(CO)C(O)C(O)C3O)C(O)C2O)C(O)C1O)C(O)CCCCCCCCC. The van der Waals surface area contributed by atoms with Crippen molar-refractivity contribution in [2.24, 2.45) is 0 Å². The summed E-state index contributed by atoms with van der Waals surface area (Å²) in [5, 5.41) is 120. The molecule has 3 aliphatic rings. The van der Waals surface area contributed by atoms with E-state index in [9.17, 15) is 61.0 Å². The van der Waals surface area contributed by atoms with E-state index in [0.717, 1.165) is 57.8 Å². The van der Waals surface area contributed by atoms with Crippen LogP contribution in [0.3, 0.4) is 0 Å². The fourth-order valence-electron chi connectivity index (χ4n) is 12.4. The van der Waals surface area contributed by atoms with Gasteiger partial charge in [0.2, 0.25) is 5.91 Å². The highest BCUT2D eigenvalue weighted by molar-refractivity contribution is 5.76. The van der Waals surface area contributed by atoms with Crippen molar-refractivity contribution in [3.8, 4) is 0 Å². The zero-order valence-corrected chi connectivity index (χ0v) is 53.8. The number of hydrogen-bond acceptors (Lipinski definition) is 18. The second-order valence-electron chi connectivity index (χ2n) is 25.7. The molecular weight excluding hydrogens is 1110 g/mol. The molecule has 0 bridgehead atoms. The van der Waals surface area contributed by atoms with Crippen molar-refractivity contribution in [1.29, 1.82) is 0 Å². The van der Waals surface area contributed by atoms with E-state index in [2.05, 4.69) is 19.2 Å². The third-order valence-electron chi connectivity index (χ3n) is 18.2. The number of aliphatic hydroxyl groups is 11. The van der Waals surface area contributed by atoms with Crippen molar-refractivity contribution >= 4 is 5.91 Å². The van der Waals surface area contributed by atoms with E-state index in [1.54, 1.807) is 0 Å². The summed E-state index contributed by atoms with van der Waals surface area (Å²) in [7, 11) is 0. The molecule has 12 N–H and O–H groups in total. The smallest absolute Gasteiger partial charge is 0.220 e. The van der Waals surface area contributed by atoms with Crippen LogP contribution in [-0.4, -0.2) is 193 Å². The molecule has 1 amide bonds. The third kappa shape index (κ3) is 32.4. The van der Waals surface area contributed by atoms with Crippen LogP contribution in [0.5, 0.6) is 0 Å². The highest BCUT2D eigenvalue weighted by atomic mass is 16.8. The van der Waals surface area contributed by atoms with Gasteiger partial charge < -0.3 is 89.9 Å². The van der Waals surface area contributed by atoms with Crippen molar-refractivity contribution in [3.05, 3.63) is 0 Å². The Morgan fingerprint density at radius 3 is 1.01 bits per heavy atom. The van der Waals surface area contributed by atoms with Crippen LogP contribution in [0.15, 0.2) is 0 Å². The maximum Gasteiger partial charge on any atom is 0.220 e. The molecule has 17 unspecified atom stereocenters. The van der Waals surface area contributed by atoms with Crippen molar-refractivity contribution in [3.63, 3.8) is 0 Å². The van der Waals surface area contributed by atoms with Crippen LogP contribution in [0, 0.1) is 0 Å². The number of rotatable bonds is 55. The average molecular weight is 1240 g/mol. The highest BCUT2D eigenvalue weighted by Crippen LogP contribution is 2.33. The molecule has 3 rings (SSSR count). The first-order valence-corrected chi connectivity index (χ1v) is 35.3. The molecular formula is C67H129NO18. The molecule has 0 aromatic rings. The highest BCUT2D eigenvalue weighted by Gasteiger charge is 2.53. The number of carbonyl (C=O) groups is 1. The Morgan fingerprint density at radius 1 is 0.372 bits per heavy atom. The zero-order chi connectivity index (χ0) is 62.6. The third-order valence-corrected chi connectivity index (χ3v) is 18.2. The second-order valence-corrected chi connectivity index (χ2v) is 25.7. The summed E-state index contributed by atoms with van der Waals surface area (Å²) in [4.78, 5) is 13.3. The normalized spacial score (nSPS) is 28.7.